The van der Waals surface area contributed by atoms with Crippen LogP contribution in [0.4, 0.5) is 0 Å². The van der Waals surface area contributed by atoms with Crippen LogP contribution in [-0.4, -0.2) is 28.1 Å². The number of nitrogens with zero attached hydrogens (tertiary/aromatic N) is 2. The molecule has 1 saturated carbocycles. The standard InChI is InChI=1S/C13H20N4O2/c18-13(14-7-12-15-8-19-17-12)11-6-5-9-3-1-2-4-10(9)16-11/h8-11,16H,1-7H2,(H,14,18). The first-order chi connectivity index (χ1) is 9.33. The molecule has 2 aliphatic rings. The summed E-state index contributed by atoms with van der Waals surface area (Å²) in [6.45, 7) is 0.335. The quantitative estimate of drug-likeness (QED) is 0.851. The lowest BCUT2D eigenvalue weighted by Gasteiger charge is -2.39. The van der Waals surface area contributed by atoms with E-state index < -0.39 is 0 Å². The monoisotopic (exact) mass is 264 g/mol. The molecule has 1 aromatic rings. The maximum absolute atomic E-state index is 12.1. The Balaban J connectivity index is 1.50. The van der Waals surface area contributed by atoms with Gasteiger partial charge in [0, 0.05) is 6.04 Å². The van der Waals surface area contributed by atoms with Gasteiger partial charge in [-0.1, -0.05) is 18.0 Å². The maximum Gasteiger partial charge on any atom is 0.237 e. The SMILES string of the molecule is O=C(NCc1ncon1)C1CCC2CCCCC2N1. The second-order valence-electron chi connectivity index (χ2n) is 5.51. The Kier molecular flexibility index (Phi) is 3.77. The summed E-state index contributed by atoms with van der Waals surface area (Å²) in [5.41, 5.74) is 0. The smallest absolute Gasteiger partial charge is 0.237 e. The van der Waals surface area contributed by atoms with Crippen LogP contribution in [-0.2, 0) is 11.3 Å². The lowest BCUT2D eigenvalue weighted by molar-refractivity contribution is -0.124. The van der Waals surface area contributed by atoms with E-state index in [1.165, 1.54) is 32.1 Å². The third kappa shape index (κ3) is 2.94. The van der Waals surface area contributed by atoms with E-state index in [1.54, 1.807) is 0 Å². The lowest BCUT2D eigenvalue weighted by atomic mass is 9.77. The maximum atomic E-state index is 12.1. The molecule has 0 spiro atoms. The average Bonchev–Trinajstić information content (AvgIpc) is 2.97. The highest BCUT2D eigenvalue weighted by molar-refractivity contribution is 5.81. The Morgan fingerprint density at radius 2 is 2.26 bits per heavy atom. The van der Waals surface area contributed by atoms with Gasteiger partial charge in [-0.3, -0.25) is 4.79 Å². The first-order valence-electron chi connectivity index (χ1n) is 7.12. The van der Waals surface area contributed by atoms with Crippen molar-refractivity contribution in [3.05, 3.63) is 12.2 Å². The number of hydrogen-bond donors (Lipinski definition) is 2. The second kappa shape index (κ2) is 5.69. The Labute approximate surface area is 112 Å². The third-order valence-corrected chi connectivity index (χ3v) is 4.29. The van der Waals surface area contributed by atoms with Crippen LogP contribution in [0.15, 0.2) is 10.9 Å². The number of hydrogen-bond acceptors (Lipinski definition) is 5. The van der Waals surface area contributed by atoms with Crippen molar-refractivity contribution in [2.24, 2.45) is 5.92 Å². The molecule has 1 saturated heterocycles. The van der Waals surface area contributed by atoms with Gasteiger partial charge in [0.25, 0.3) is 0 Å². The first-order valence-corrected chi connectivity index (χ1v) is 7.12. The molecule has 104 valence electrons. The van der Waals surface area contributed by atoms with Gasteiger partial charge in [-0.05, 0) is 31.6 Å². The summed E-state index contributed by atoms with van der Waals surface area (Å²) in [5, 5.41) is 10.1. The molecule has 3 rings (SSSR count). The summed E-state index contributed by atoms with van der Waals surface area (Å²) in [5.74, 6) is 1.34. The van der Waals surface area contributed by atoms with E-state index in [-0.39, 0.29) is 11.9 Å². The molecular formula is C13H20N4O2. The van der Waals surface area contributed by atoms with Crippen LogP contribution in [0.3, 0.4) is 0 Å². The van der Waals surface area contributed by atoms with E-state index in [1.807, 2.05) is 0 Å². The van der Waals surface area contributed by atoms with Crippen LogP contribution in [0.2, 0.25) is 0 Å². The largest absolute Gasteiger partial charge is 0.347 e. The minimum Gasteiger partial charge on any atom is -0.347 e. The topological polar surface area (TPSA) is 80.1 Å². The number of amides is 1. The number of nitrogens with one attached hydrogen (secondary N) is 2. The zero-order valence-electron chi connectivity index (χ0n) is 11.0. The average molecular weight is 264 g/mol. The molecule has 0 radical (unpaired) electrons. The molecule has 0 bridgehead atoms. The number of piperidine rings is 1. The highest BCUT2D eigenvalue weighted by Crippen LogP contribution is 2.32. The fraction of sp³-hybridized carbons (Fsp3) is 0.769. The van der Waals surface area contributed by atoms with Gasteiger partial charge in [0.1, 0.15) is 0 Å². The van der Waals surface area contributed by atoms with Crippen LogP contribution in [0.5, 0.6) is 0 Å². The molecule has 3 atom stereocenters. The Morgan fingerprint density at radius 3 is 3.11 bits per heavy atom. The molecule has 19 heavy (non-hydrogen) atoms. The summed E-state index contributed by atoms with van der Waals surface area (Å²) in [6.07, 6.45) is 8.52. The van der Waals surface area contributed by atoms with E-state index in [4.69, 9.17) is 0 Å². The van der Waals surface area contributed by atoms with Gasteiger partial charge in [-0.25, -0.2) is 0 Å². The van der Waals surface area contributed by atoms with Gasteiger partial charge in [-0.15, -0.1) is 0 Å². The van der Waals surface area contributed by atoms with Crippen LogP contribution in [0, 0.1) is 5.92 Å². The van der Waals surface area contributed by atoms with Gasteiger partial charge in [0.2, 0.25) is 12.3 Å². The van der Waals surface area contributed by atoms with Gasteiger partial charge in [0.15, 0.2) is 5.82 Å². The summed E-state index contributed by atoms with van der Waals surface area (Å²) < 4.78 is 4.63. The van der Waals surface area contributed by atoms with E-state index >= 15 is 0 Å². The molecule has 3 unspecified atom stereocenters. The van der Waals surface area contributed by atoms with Gasteiger partial charge >= 0.3 is 0 Å². The predicted molar refractivity (Wildman–Crippen MR) is 68.0 cm³/mol. The first kappa shape index (κ1) is 12.6. The summed E-state index contributed by atoms with van der Waals surface area (Å²) in [6, 6.07) is 0.467. The van der Waals surface area contributed by atoms with Crippen molar-refractivity contribution < 1.29 is 9.32 Å². The van der Waals surface area contributed by atoms with E-state index in [0.29, 0.717) is 18.4 Å². The van der Waals surface area contributed by atoms with E-state index in [9.17, 15) is 4.79 Å². The molecular weight excluding hydrogens is 244 g/mol. The van der Waals surface area contributed by atoms with Crippen LogP contribution < -0.4 is 10.6 Å². The molecule has 2 fully saturated rings. The van der Waals surface area contributed by atoms with E-state index in [0.717, 1.165) is 18.8 Å². The van der Waals surface area contributed by atoms with Crippen molar-refractivity contribution in [2.45, 2.75) is 57.2 Å². The fourth-order valence-corrected chi connectivity index (χ4v) is 3.26. The predicted octanol–water partition coefficient (Wildman–Crippen LogP) is 0.997. The lowest BCUT2D eigenvalue weighted by Crippen LogP contribution is -2.54. The van der Waals surface area contributed by atoms with Crippen molar-refractivity contribution in [3.8, 4) is 0 Å². The number of aromatic nitrogens is 2. The minimum absolute atomic E-state index is 0.0498. The molecule has 2 N–H and O–H groups in total. The second-order valence-corrected chi connectivity index (χ2v) is 5.51. The molecule has 2 heterocycles. The summed E-state index contributed by atoms with van der Waals surface area (Å²) >= 11 is 0. The Bertz CT molecular complexity index is 420. The molecule has 6 nitrogen and oxygen atoms in total. The fourth-order valence-electron chi connectivity index (χ4n) is 3.26. The van der Waals surface area contributed by atoms with Gasteiger partial charge in [-0.2, -0.15) is 4.98 Å². The van der Waals surface area contributed by atoms with Crippen molar-refractivity contribution >= 4 is 5.91 Å². The zero-order valence-corrected chi connectivity index (χ0v) is 11.0. The molecule has 6 heteroatoms. The molecule has 1 aliphatic carbocycles. The number of carbonyl (C=O) groups excluding carboxylic acids is 1. The zero-order chi connectivity index (χ0) is 13.1. The normalized spacial score (nSPS) is 30.6. The highest BCUT2D eigenvalue weighted by Gasteiger charge is 2.34. The van der Waals surface area contributed by atoms with Gasteiger partial charge in [0.05, 0.1) is 12.6 Å². The Morgan fingerprint density at radius 1 is 1.37 bits per heavy atom. The van der Waals surface area contributed by atoms with Crippen molar-refractivity contribution in [1.82, 2.24) is 20.8 Å². The number of carbonyl (C=O) groups is 1. The molecule has 1 amide bonds. The van der Waals surface area contributed by atoms with E-state index in [2.05, 4.69) is 25.3 Å². The van der Waals surface area contributed by atoms with Crippen molar-refractivity contribution in [2.75, 3.05) is 0 Å². The molecule has 0 aromatic carbocycles. The van der Waals surface area contributed by atoms with Crippen LogP contribution >= 0.6 is 0 Å². The third-order valence-electron chi connectivity index (χ3n) is 4.29. The molecule has 1 aliphatic heterocycles. The number of rotatable bonds is 3. The van der Waals surface area contributed by atoms with Crippen molar-refractivity contribution in [1.29, 1.82) is 0 Å². The molecule has 1 aromatic heterocycles. The minimum atomic E-state index is -0.0637. The van der Waals surface area contributed by atoms with Gasteiger partial charge < -0.3 is 15.2 Å². The highest BCUT2D eigenvalue weighted by atomic mass is 16.5. The summed E-state index contributed by atoms with van der Waals surface area (Å²) in [4.78, 5) is 16.0. The number of fused-ring (bicyclic) bond motifs is 1. The van der Waals surface area contributed by atoms with Crippen LogP contribution in [0.25, 0.3) is 0 Å². The summed E-state index contributed by atoms with van der Waals surface area (Å²) in [7, 11) is 0. The Hall–Kier alpha value is -1.43. The van der Waals surface area contributed by atoms with Crippen LogP contribution in [0.1, 0.15) is 44.3 Å². The van der Waals surface area contributed by atoms with Crippen molar-refractivity contribution in [3.63, 3.8) is 0 Å².